The molecule has 0 radical (unpaired) electrons. The molecule has 11 aromatic carbocycles. The number of furan rings is 2. The van der Waals surface area contributed by atoms with E-state index in [0.717, 1.165) is 33.1 Å². The van der Waals surface area contributed by atoms with Gasteiger partial charge in [0, 0.05) is 43.5 Å². The van der Waals surface area contributed by atoms with E-state index in [-0.39, 0.29) is 10.8 Å². The second-order valence-corrected chi connectivity index (χ2v) is 20.7. The van der Waals surface area contributed by atoms with E-state index in [1.54, 1.807) is 0 Å². The van der Waals surface area contributed by atoms with Gasteiger partial charge in [-0.2, -0.15) is 0 Å². The average Bonchev–Trinajstić information content (AvgIpc) is 4.11. The maximum atomic E-state index is 7.08. The highest BCUT2D eigenvalue weighted by molar-refractivity contribution is 6.21. The minimum absolute atomic E-state index is 0.354. The van der Waals surface area contributed by atoms with Crippen molar-refractivity contribution in [2.24, 2.45) is 0 Å². The van der Waals surface area contributed by atoms with Crippen LogP contribution in [0.15, 0.2) is 215 Å². The number of fused-ring (bicyclic) bond motifs is 17. The highest BCUT2D eigenvalue weighted by atomic mass is 16.3. The molecule has 13 aromatic rings. The Labute approximate surface area is 406 Å². The highest BCUT2D eigenvalue weighted by Gasteiger charge is 2.48. The van der Waals surface area contributed by atoms with Crippen LogP contribution in [0.3, 0.4) is 0 Å². The molecule has 330 valence electrons. The van der Waals surface area contributed by atoms with Crippen molar-refractivity contribution < 1.29 is 8.83 Å². The van der Waals surface area contributed by atoms with E-state index in [0.29, 0.717) is 0 Å². The molecule has 2 nitrogen and oxygen atoms in total. The summed E-state index contributed by atoms with van der Waals surface area (Å²) >= 11 is 0. The Morgan fingerprint density at radius 1 is 0.300 bits per heavy atom. The first-order valence-electron chi connectivity index (χ1n) is 24.6. The number of hydrogen-bond donors (Lipinski definition) is 0. The molecule has 0 saturated heterocycles. The molecule has 70 heavy (non-hydrogen) atoms. The average molecular weight is 895 g/mol. The zero-order chi connectivity index (χ0) is 46.6. The molecule has 0 aliphatic heterocycles. The van der Waals surface area contributed by atoms with Gasteiger partial charge in [-0.1, -0.05) is 210 Å². The molecule has 2 aliphatic rings. The van der Waals surface area contributed by atoms with Gasteiger partial charge in [0.1, 0.15) is 22.3 Å². The molecular formula is C68H46O2. The Hall–Kier alpha value is -8.46. The van der Waals surface area contributed by atoms with Crippen molar-refractivity contribution in [1.29, 1.82) is 0 Å². The van der Waals surface area contributed by atoms with E-state index in [9.17, 15) is 0 Å². The maximum Gasteiger partial charge on any atom is 0.144 e. The first-order valence-corrected chi connectivity index (χ1v) is 24.6. The van der Waals surface area contributed by atoms with E-state index in [1.165, 1.54) is 121 Å². The van der Waals surface area contributed by atoms with Crippen LogP contribution in [0, 0.1) is 0 Å². The quantitative estimate of drug-likeness (QED) is 0.176. The van der Waals surface area contributed by atoms with E-state index < -0.39 is 0 Å². The van der Waals surface area contributed by atoms with Gasteiger partial charge in [-0.15, -0.1) is 0 Å². The van der Waals surface area contributed by atoms with Crippen LogP contribution in [0.1, 0.15) is 49.9 Å². The molecule has 0 spiro atoms. The van der Waals surface area contributed by atoms with Crippen LogP contribution >= 0.6 is 0 Å². The van der Waals surface area contributed by atoms with E-state index in [2.05, 4.69) is 234 Å². The summed E-state index contributed by atoms with van der Waals surface area (Å²) in [6.07, 6.45) is 0. The summed E-state index contributed by atoms with van der Waals surface area (Å²) in [5.74, 6) is 0. The van der Waals surface area contributed by atoms with Crippen molar-refractivity contribution in [3.8, 4) is 66.8 Å². The summed E-state index contributed by atoms with van der Waals surface area (Å²) in [7, 11) is 0. The van der Waals surface area contributed by atoms with Crippen LogP contribution in [0.25, 0.3) is 132 Å². The molecule has 0 amide bonds. The maximum absolute atomic E-state index is 7.08. The summed E-state index contributed by atoms with van der Waals surface area (Å²) in [6, 6.07) is 75.7. The fraction of sp³-hybridized carbons (Fsp3) is 0.0882. The van der Waals surface area contributed by atoms with Gasteiger partial charge in [0.2, 0.25) is 0 Å². The summed E-state index contributed by atoms with van der Waals surface area (Å²) in [6.45, 7) is 9.72. The van der Waals surface area contributed by atoms with Gasteiger partial charge in [0.15, 0.2) is 0 Å². The SMILES string of the molecule is CC1(C)c2cc(-c3ccc(-c4cccc5ccccc45)cc3)c3c(oc4ccccc43)c2-c2ccc3c(c21)C(C)(C)c1cc(-c2ccc(-c4cccc5ccccc45)cc2)c2c(oc4ccccc42)c1-3. The van der Waals surface area contributed by atoms with Crippen LogP contribution in [0.4, 0.5) is 0 Å². The lowest BCUT2D eigenvalue weighted by Crippen LogP contribution is -2.24. The van der Waals surface area contributed by atoms with Gasteiger partial charge < -0.3 is 8.83 Å². The van der Waals surface area contributed by atoms with Crippen molar-refractivity contribution >= 4 is 65.4 Å². The number of hydrogen-bond acceptors (Lipinski definition) is 2. The predicted molar refractivity (Wildman–Crippen MR) is 293 cm³/mol. The molecule has 15 rings (SSSR count). The smallest absolute Gasteiger partial charge is 0.144 e. The molecule has 0 atom stereocenters. The summed E-state index contributed by atoms with van der Waals surface area (Å²) in [4.78, 5) is 0. The molecule has 0 saturated carbocycles. The largest absolute Gasteiger partial charge is 0.455 e. The molecule has 0 unspecified atom stereocenters. The minimum Gasteiger partial charge on any atom is -0.455 e. The van der Waals surface area contributed by atoms with Crippen molar-refractivity contribution in [2.45, 2.75) is 38.5 Å². The Kier molecular flexibility index (Phi) is 7.94. The molecule has 0 fully saturated rings. The van der Waals surface area contributed by atoms with Crippen molar-refractivity contribution in [1.82, 2.24) is 0 Å². The minimum atomic E-state index is -0.354. The van der Waals surface area contributed by atoms with Gasteiger partial charge in [-0.3, -0.25) is 0 Å². The Balaban J connectivity index is 0.918. The van der Waals surface area contributed by atoms with Gasteiger partial charge in [0.05, 0.1) is 0 Å². The first kappa shape index (κ1) is 39.5. The molecule has 2 heterocycles. The number of rotatable bonds is 4. The first-order chi connectivity index (χ1) is 34.2. The van der Waals surface area contributed by atoms with E-state index in [1.807, 2.05) is 0 Å². The molecule has 2 aromatic heterocycles. The van der Waals surface area contributed by atoms with Crippen LogP contribution in [-0.4, -0.2) is 0 Å². The lowest BCUT2D eigenvalue weighted by Gasteiger charge is -2.31. The zero-order valence-electron chi connectivity index (χ0n) is 39.4. The molecule has 0 N–H and O–H groups in total. The second-order valence-electron chi connectivity index (χ2n) is 20.7. The van der Waals surface area contributed by atoms with Crippen LogP contribution in [0.2, 0.25) is 0 Å². The molecule has 2 aliphatic carbocycles. The van der Waals surface area contributed by atoms with E-state index in [4.69, 9.17) is 8.83 Å². The summed E-state index contributed by atoms with van der Waals surface area (Å²) < 4.78 is 14.2. The van der Waals surface area contributed by atoms with Crippen molar-refractivity contribution in [3.05, 3.63) is 229 Å². The fourth-order valence-corrected chi connectivity index (χ4v) is 13.0. The van der Waals surface area contributed by atoms with Crippen LogP contribution < -0.4 is 0 Å². The third-order valence-corrected chi connectivity index (χ3v) is 16.2. The van der Waals surface area contributed by atoms with Crippen molar-refractivity contribution in [2.75, 3.05) is 0 Å². The predicted octanol–water partition coefficient (Wildman–Crippen LogP) is 19.1. The molecular weight excluding hydrogens is 849 g/mol. The van der Waals surface area contributed by atoms with E-state index >= 15 is 0 Å². The monoisotopic (exact) mass is 894 g/mol. The van der Waals surface area contributed by atoms with Crippen LogP contribution in [-0.2, 0) is 10.8 Å². The van der Waals surface area contributed by atoms with Crippen LogP contribution in [0.5, 0.6) is 0 Å². The third kappa shape index (κ3) is 5.28. The standard InChI is InChI=1S/C68H46O2/c1-67(2)55-37-53(43-31-27-41(28-32-43)47-23-13-17-39-15-5-7-19-45(39)47)59-49-21-9-11-25-57(49)69-65(59)61(55)51-35-36-52-62-56(68(3,4)64(52)63(51)67)38-54(60-50-22-10-12-26-58(50)70-66(60)62)44-33-29-42(30-34-44)48-24-14-18-40-16-6-8-20-46(40)48/h5-38H,1-4H3. The fourth-order valence-electron chi connectivity index (χ4n) is 13.0. The lowest BCUT2D eigenvalue weighted by atomic mass is 9.72. The topological polar surface area (TPSA) is 26.3 Å². The number of para-hydroxylation sites is 2. The highest BCUT2D eigenvalue weighted by Crippen LogP contribution is 2.63. The summed E-state index contributed by atoms with van der Waals surface area (Å²) in [5.41, 5.74) is 22.9. The molecule has 0 bridgehead atoms. The van der Waals surface area contributed by atoms with Gasteiger partial charge in [0.25, 0.3) is 0 Å². The Bertz CT molecular complexity index is 4090. The van der Waals surface area contributed by atoms with Gasteiger partial charge in [-0.25, -0.2) is 0 Å². The second kappa shape index (κ2) is 14.1. The van der Waals surface area contributed by atoms with Crippen molar-refractivity contribution in [3.63, 3.8) is 0 Å². The molecule has 2 heteroatoms. The Morgan fingerprint density at radius 2 is 0.643 bits per heavy atom. The van der Waals surface area contributed by atoms with Gasteiger partial charge >= 0.3 is 0 Å². The Morgan fingerprint density at radius 3 is 1.06 bits per heavy atom. The lowest BCUT2D eigenvalue weighted by molar-refractivity contribution is 0.600. The third-order valence-electron chi connectivity index (χ3n) is 16.2. The van der Waals surface area contributed by atoms with Gasteiger partial charge in [-0.05, 0) is 124 Å². The summed E-state index contributed by atoms with van der Waals surface area (Å²) in [5, 5.41) is 9.63. The zero-order valence-corrected chi connectivity index (χ0v) is 39.4. The normalized spacial score (nSPS) is 14.2. The number of benzene rings is 11.